The first-order valence-corrected chi connectivity index (χ1v) is 11.7. The smallest absolute Gasteiger partial charge is 0.271 e. The Morgan fingerprint density at radius 1 is 0.889 bits per heavy atom. The molecular formula is C27H26N4O5. The zero-order chi connectivity index (χ0) is 25.7. The molecule has 0 spiro atoms. The second-order valence-electron chi connectivity index (χ2n) is 8.62. The van der Waals surface area contributed by atoms with Crippen LogP contribution in [0.3, 0.4) is 0 Å². The number of non-ortho nitro benzene ring substituents is 1. The number of nitro benzene ring substituents is 1. The number of carbonyl (C=O) groups excluding carboxylic acids is 3. The molecule has 0 bridgehead atoms. The highest BCUT2D eigenvalue weighted by molar-refractivity contribution is 6.27. The van der Waals surface area contributed by atoms with Gasteiger partial charge in [0.2, 0.25) is 5.91 Å². The summed E-state index contributed by atoms with van der Waals surface area (Å²) in [6.07, 6.45) is 1.09. The van der Waals surface area contributed by atoms with Crippen LogP contribution in [0, 0.1) is 15.5 Å². The molecule has 3 aromatic rings. The molecule has 4 rings (SSSR count). The van der Waals surface area contributed by atoms with E-state index in [0.29, 0.717) is 17.8 Å². The highest BCUT2D eigenvalue weighted by Crippen LogP contribution is 2.44. The summed E-state index contributed by atoms with van der Waals surface area (Å²) in [5.74, 6) is -1.54. The predicted molar refractivity (Wildman–Crippen MR) is 136 cm³/mol. The van der Waals surface area contributed by atoms with E-state index in [4.69, 9.17) is 0 Å². The standard InChI is InChI=1S/C27H26N4O5/c1-2-3-17-27(19-24(32)28-20-11-10-16-23(18-20)31(35)36)25(33)29(21-12-6-4-7-13-21)30(26(27)34)22-14-8-5-9-15-22/h4-16,18H,2-3,17,19H2,1H3,(H,28,32). The van der Waals surface area contributed by atoms with Crippen LogP contribution in [0.2, 0.25) is 0 Å². The topological polar surface area (TPSA) is 113 Å². The fourth-order valence-electron chi connectivity index (χ4n) is 4.39. The van der Waals surface area contributed by atoms with Crippen LogP contribution < -0.4 is 15.3 Å². The summed E-state index contributed by atoms with van der Waals surface area (Å²) in [4.78, 5) is 51.8. The molecule has 184 valence electrons. The van der Waals surface area contributed by atoms with Crippen molar-refractivity contribution >= 4 is 40.5 Å². The Morgan fingerprint density at radius 3 is 1.94 bits per heavy atom. The molecule has 1 aliphatic heterocycles. The highest BCUT2D eigenvalue weighted by atomic mass is 16.6. The van der Waals surface area contributed by atoms with Crippen LogP contribution in [-0.2, 0) is 14.4 Å². The molecule has 3 amide bonds. The molecule has 1 aliphatic rings. The number of hydrogen-bond donors (Lipinski definition) is 1. The minimum absolute atomic E-state index is 0.174. The number of nitro groups is 1. The number of benzene rings is 3. The summed E-state index contributed by atoms with van der Waals surface area (Å²) < 4.78 is 0. The molecule has 1 heterocycles. The van der Waals surface area contributed by atoms with Gasteiger partial charge in [-0.15, -0.1) is 0 Å². The molecule has 9 nitrogen and oxygen atoms in total. The molecule has 3 aromatic carbocycles. The SMILES string of the molecule is CCCCC1(CC(=O)Nc2cccc([N+](=O)[O-])c2)C(=O)N(c2ccccc2)N(c2ccccc2)C1=O. The summed E-state index contributed by atoms with van der Waals surface area (Å²) in [5.41, 5.74) is -0.550. The monoisotopic (exact) mass is 486 g/mol. The predicted octanol–water partition coefficient (Wildman–Crippen LogP) is 5.10. The second-order valence-corrected chi connectivity index (χ2v) is 8.62. The lowest BCUT2D eigenvalue weighted by Gasteiger charge is -2.27. The van der Waals surface area contributed by atoms with E-state index in [1.54, 1.807) is 48.5 Å². The van der Waals surface area contributed by atoms with Gasteiger partial charge in [-0.05, 0) is 36.8 Å². The third-order valence-corrected chi connectivity index (χ3v) is 6.17. The number of nitrogens with zero attached hydrogens (tertiary/aromatic N) is 3. The first-order valence-electron chi connectivity index (χ1n) is 11.7. The van der Waals surface area contributed by atoms with Crippen molar-refractivity contribution in [3.05, 3.63) is 95.0 Å². The van der Waals surface area contributed by atoms with Gasteiger partial charge in [0.1, 0.15) is 5.41 Å². The van der Waals surface area contributed by atoms with Gasteiger partial charge in [0.25, 0.3) is 17.5 Å². The molecule has 0 atom stereocenters. The van der Waals surface area contributed by atoms with Crippen LogP contribution in [0.4, 0.5) is 22.7 Å². The van der Waals surface area contributed by atoms with E-state index in [0.717, 1.165) is 6.42 Å². The van der Waals surface area contributed by atoms with E-state index in [1.807, 2.05) is 19.1 Å². The quantitative estimate of drug-likeness (QED) is 0.257. The van der Waals surface area contributed by atoms with Crippen molar-refractivity contribution in [1.29, 1.82) is 0 Å². The van der Waals surface area contributed by atoms with Gasteiger partial charge in [-0.1, -0.05) is 62.2 Å². The van der Waals surface area contributed by atoms with Crippen molar-refractivity contribution < 1.29 is 19.3 Å². The lowest BCUT2D eigenvalue weighted by molar-refractivity contribution is -0.384. The van der Waals surface area contributed by atoms with E-state index in [9.17, 15) is 24.5 Å². The average Bonchev–Trinajstić information content (AvgIpc) is 3.10. The molecule has 0 aromatic heterocycles. The maximum absolute atomic E-state index is 14.1. The van der Waals surface area contributed by atoms with Crippen LogP contribution in [0.5, 0.6) is 0 Å². The van der Waals surface area contributed by atoms with Crippen molar-refractivity contribution in [3.63, 3.8) is 0 Å². The maximum atomic E-state index is 14.1. The number of para-hydroxylation sites is 2. The zero-order valence-corrected chi connectivity index (χ0v) is 19.8. The zero-order valence-electron chi connectivity index (χ0n) is 19.8. The van der Waals surface area contributed by atoms with Gasteiger partial charge in [-0.25, -0.2) is 10.0 Å². The van der Waals surface area contributed by atoms with E-state index in [1.165, 1.54) is 34.3 Å². The van der Waals surface area contributed by atoms with Crippen molar-refractivity contribution in [2.45, 2.75) is 32.6 Å². The van der Waals surface area contributed by atoms with E-state index in [-0.39, 0.29) is 24.2 Å². The Morgan fingerprint density at radius 2 is 1.44 bits per heavy atom. The van der Waals surface area contributed by atoms with Crippen molar-refractivity contribution in [3.8, 4) is 0 Å². The number of amides is 3. The summed E-state index contributed by atoms with van der Waals surface area (Å²) in [6, 6.07) is 23.2. The molecule has 0 saturated carbocycles. The molecular weight excluding hydrogens is 460 g/mol. The summed E-state index contributed by atoms with van der Waals surface area (Å²) in [6.45, 7) is 1.95. The normalized spacial score (nSPS) is 14.7. The number of hydrogen-bond acceptors (Lipinski definition) is 5. The summed E-state index contributed by atoms with van der Waals surface area (Å²) in [7, 11) is 0. The molecule has 0 aliphatic carbocycles. The van der Waals surface area contributed by atoms with Crippen LogP contribution in [-0.4, -0.2) is 22.6 Å². The number of nitrogens with one attached hydrogen (secondary N) is 1. The Labute approximate surface area is 208 Å². The summed E-state index contributed by atoms with van der Waals surface area (Å²) in [5, 5.41) is 16.4. The van der Waals surface area contributed by atoms with Gasteiger partial charge < -0.3 is 5.32 Å². The van der Waals surface area contributed by atoms with Crippen LogP contribution in [0.1, 0.15) is 32.6 Å². The van der Waals surface area contributed by atoms with Gasteiger partial charge in [-0.3, -0.25) is 24.5 Å². The Bertz CT molecular complexity index is 1220. The first kappa shape index (κ1) is 24.6. The van der Waals surface area contributed by atoms with Gasteiger partial charge in [0, 0.05) is 17.8 Å². The molecule has 1 saturated heterocycles. The molecule has 36 heavy (non-hydrogen) atoms. The van der Waals surface area contributed by atoms with Crippen LogP contribution in [0.15, 0.2) is 84.9 Å². The number of carbonyl (C=O) groups is 3. The number of anilines is 3. The Kier molecular flexibility index (Phi) is 7.10. The average molecular weight is 487 g/mol. The first-order chi connectivity index (χ1) is 17.4. The van der Waals surface area contributed by atoms with Gasteiger partial charge in [0.05, 0.1) is 22.7 Å². The number of unbranched alkanes of at least 4 members (excludes halogenated alkanes) is 1. The molecule has 1 N–H and O–H groups in total. The fraction of sp³-hybridized carbons (Fsp3) is 0.222. The third-order valence-electron chi connectivity index (χ3n) is 6.17. The van der Waals surface area contributed by atoms with Crippen LogP contribution >= 0.6 is 0 Å². The molecule has 1 fully saturated rings. The molecule has 0 unspecified atom stereocenters. The van der Waals surface area contributed by atoms with Crippen molar-refractivity contribution in [1.82, 2.24) is 0 Å². The van der Waals surface area contributed by atoms with Gasteiger partial charge >= 0.3 is 0 Å². The van der Waals surface area contributed by atoms with Crippen LogP contribution in [0.25, 0.3) is 0 Å². The molecule has 9 heteroatoms. The number of hydrazine groups is 1. The van der Waals surface area contributed by atoms with Crippen molar-refractivity contribution in [2.24, 2.45) is 5.41 Å². The second kappa shape index (κ2) is 10.4. The fourth-order valence-corrected chi connectivity index (χ4v) is 4.39. The third kappa shape index (κ3) is 4.68. The Balaban J connectivity index is 1.73. The van der Waals surface area contributed by atoms with E-state index >= 15 is 0 Å². The lowest BCUT2D eigenvalue weighted by atomic mass is 9.78. The largest absolute Gasteiger partial charge is 0.326 e. The van der Waals surface area contributed by atoms with E-state index < -0.39 is 28.1 Å². The maximum Gasteiger partial charge on any atom is 0.271 e. The van der Waals surface area contributed by atoms with Crippen molar-refractivity contribution in [2.75, 3.05) is 15.3 Å². The summed E-state index contributed by atoms with van der Waals surface area (Å²) >= 11 is 0. The highest BCUT2D eigenvalue weighted by Gasteiger charge is 2.59. The lowest BCUT2D eigenvalue weighted by Crippen LogP contribution is -2.41. The number of rotatable bonds is 9. The minimum Gasteiger partial charge on any atom is -0.326 e. The Hall–Kier alpha value is -4.53. The van der Waals surface area contributed by atoms with E-state index in [2.05, 4.69) is 5.32 Å². The van der Waals surface area contributed by atoms with Gasteiger partial charge in [-0.2, -0.15) is 0 Å². The molecule has 0 radical (unpaired) electrons. The van der Waals surface area contributed by atoms with Gasteiger partial charge in [0.15, 0.2) is 0 Å². The minimum atomic E-state index is -1.62.